The molecular formula is C23H30FN3O4. The Bertz CT molecular complexity index is 912. The highest BCUT2D eigenvalue weighted by molar-refractivity contribution is 5.94. The number of nitrogens with one attached hydrogen (secondary N) is 1. The number of aryl methyl sites for hydroxylation is 1. The lowest BCUT2D eigenvalue weighted by atomic mass is 9.99. The predicted octanol–water partition coefficient (Wildman–Crippen LogP) is 3.16. The van der Waals surface area contributed by atoms with Crippen LogP contribution >= 0.6 is 0 Å². The average molecular weight is 432 g/mol. The molecule has 0 saturated heterocycles. The van der Waals surface area contributed by atoms with Crippen LogP contribution in [0.2, 0.25) is 0 Å². The number of aromatic nitrogens is 2. The third-order valence-electron chi connectivity index (χ3n) is 5.25. The fourth-order valence-corrected chi connectivity index (χ4v) is 3.68. The molecule has 1 aliphatic rings. The maximum atomic E-state index is 13.8. The number of hydrogen-bond donors (Lipinski definition) is 1. The quantitative estimate of drug-likeness (QED) is 0.711. The van der Waals surface area contributed by atoms with Crippen LogP contribution in [0, 0.1) is 11.7 Å². The van der Waals surface area contributed by atoms with Crippen LogP contribution in [-0.2, 0) is 28.9 Å². The number of ether oxygens (including phenoxy) is 2. The molecule has 0 saturated carbocycles. The van der Waals surface area contributed by atoms with E-state index in [9.17, 15) is 14.0 Å². The SMILES string of the molecule is CCn1nc(C[C@@H](C)COC(=O)c2ccccc2F)c2c1C(=O)NCCCOCCC2. The topological polar surface area (TPSA) is 82.5 Å². The van der Waals surface area contributed by atoms with Crippen molar-refractivity contribution in [3.8, 4) is 0 Å². The van der Waals surface area contributed by atoms with Gasteiger partial charge < -0.3 is 14.8 Å². The largest absolute Gasteiger partial charge is 0.462 e. The van der Waals surface area contributed by atoms with Gasteiger partial charge in [-0.05, 0) is 50.7 Å². The van der Waals surface area contributed by atoms with Gasteiger partial charge in [-0.1, -0.05) is 19.1 Å². The Labute approximate surface area is 181 Å². The monoisotopic (exact) mass is 431 g/mol. The molecule has 1 atom stereocenters. The fourth-order valence-electron chi connectivity index (χ4n) is 3.68. The number of hydrogen-bond acceptors (Lipinski definition) is 5. The normalized spacial score (nSPS) is 16.0. The Balaban J connectivity index is 1.72. The number of rotatable bonds is 6. The molecule has 7 nitrogen and oxygen atoms in total. The summed E-state index contributed by atoms with van der Waals surface area (Å²) in [4.78, 5) is 25.0. The Morgan fingerprint density at radius 3 is 2.87 bits per heavy atom. The molecule has 2 heterocycles. The van der Waals surface area contributed by atoms with E-state index in [1.54, 1.807) is 10.7 Å². The first-order chi connectivity index (χ1) is 15.0. The first-order valence-corrected chi connectivity index (χ1v) is 10.9. The summed E-state index contributed by atoms with van der Waals surface area (Å²) in [6.45, 7) is 6.45. The number of carbonyl (C=O) groups is 2. The summed E-state index contributed by atoms with van der Waals surface area (Å²) in [5.41, 5.74) is 2.29. The molecule has 1 N–H and O–H groups in total. The standard InChI is InChI=1S/C23H30FN3O4/c1-3-27-21-18(9-6-12-30-13-7-11-25-22(21)28)20(26-27)14-16(2)15-31-23(29)17-8-4-5-10-19(17)24/h4-5,8,10,16H,3,6-7,9,11-15H2,1-2H3,(H,25,28)/t16-/m1/s1. The number of benzene rings is 1. The maximum absolute atomic E-state index is 13.8. The van der Waals surface area contributed by atoms with Crippen LogP contribution in [0.1, 0.15) is 58.8 Å². The summed E-state index contributed by atoms with van der Waals surface area (Å²) in [5, 5.41) is 7.64. The van der Waals surface area contributed by atoms with Crippen molar-refractivity contribution in [2.75, 3.05) is 26.4 Å². The second-order valence-electron chi connectivity index (χ2n) is 7.80. The molecule has 0 fully saturated rings. The minimum Gasteiger partial charge on any atom is -0.462 e. The summed E-state index contributed by atoms with van der Waals surface area (Å²) in [7, 11) is 0. The molecule has 1 amide bonds. The van der Waals surface area contributed by atoms with Crippen molar-refractivity contribution in [2.45, 2.75) is 46.1 Å². The zero-order valence-electron chi connectivity index (χ0n) is 18.2. The van der Waals surface area contributed by atoms with Gasteiger partial charge in [0, 0.05) is 31.9 Å². The first kappa shape index (κ1) is 22.9. The van der Waals surface area contributed by atoms with E-state index in [-0.39, 0.29) is 24.0 Å². The molecule has 31 heavy (non-hydrogen) atoms. The Kier molecular flexibility index (Phi) is 8.17. The molecule has 8 heteroatoms. The van der Waals surface area contributed by atoms with Gasteiger partial charge in [0.25, 0.3) is 5.91 Å². The zero-order chi connectivity index (χ0) is 22.2. The van der Waals surface area contributed by atoms with Gasteiger partial charge in [-0.3, -0.25) is 9.48 Å². The van der Waals surface area contributed by atoms with Crippen molar-refractivity contribution >= 4 is 11.9 Å². The molecule has 1 aromatic carbocycles. The zero-order valence-corrected chi connectivity index (χ0v) is 18.2. The molecular weight excluding hydrogens is 401 g/mol. The van der Waals surface area contributed by atoms with E-state index in [0.29, 0.717) is 44.8 Å². The third-order valence-corrected chi connectivity index (χ3v) is 5.25. The molecule has 2 aromatic rings. The summed E-state index contributed by atoms with van der Waals surface area (Å²) in [5.74, 6) is -1.44. The van der Waals surface area contributed by atoms with Crippen molar-refractivity contribution in [3.05, 3.63) is 52.6 Å². The molecule has 1 aliphatic heterocycles. The highest BCUT2D eigenvalue weighted by Gasteiger charge is 2.24. The minimum atomic E-state index is -0.681. The minimum absolute atomic E-state index is 0.0440. The summed E-state index contributed by atoms with van der Waals surface area (Å²) in [6, 6.07) is 5.76. The molecule has 0 spiro atoms. The van der Waals surface area contributed by atoms with Crippen LogP contribution in [-0.4, -0.2) is 48.0 Å². The van der Waals surface area contributed by atoms with E-state index in [0.717, 1.165) is 24.1 Å². The molecule has 0 aliphatic carbocycles. The Hall–Kier alpha value is -2.74. The van der Waals surface area contributed by atoms with E-state index >= 15 is 0 Å². The summed E-state index contributed by atoms with van der Waals surface area (Å²) >= 11 is 0. The lowest BCUT2D eigenvalue weighted by Gasteiger charge is -2.12. The molecule has 0 bridgehead atoms. The van der Waals surface area contributed by atoms with E-state index in [4.69, 9.17) is 9.47 Å². The molecule has 0 radical (unpaired) electrons. The van der Waals surface area contributed by atoms with Gasteiger partial charge in [0.2, 0.25) is 0 Å². The number of amides is 1. The molecule has 168 valence electrons. The number of fused-ring (bicyclic) bond motifs is 1. The fraction of sp³-hybridized carbons (Fsp3) is 0.522. The highest BCUT2D eigenvalue weighted by atomic mass is 19.1. The average Bonchev–Trinajstić information content (AvgIpc) is 3.09. The van der Waals surface area contributed by atoms with Crippen molar-refractivity contribution in [1.29, 1.82) is 0 Å². The van der Waals surface area contributed by atoms with Crippen molar-refractivity contribution < 1.29 is 23.5 Å². The van der Waals surface area contributed by atoms with Gasteiger partial charge >= 0.3 is 5.97 Å². The van der Waals surface area contributed by atoms with E-state index in [2.05, 4.69) is 10.4 Å². The Morgan fingerprint density at radius 1 is 1.32 bits per heavy atom. The van der Waals surface area contributed by atoms with Crippen molar-refractivity contribution in [2.24, 2.45) is 5.92 Å². The van der Waals surface area contributed by atoms with E-state index in [1.165, 1.54) is 18.2 Å². The van der Waals surface area contributed by atoms with Crippen LogP contribution in [0.4, 0.5) is 4.39 Å². The van der Waals surface area contributed by atoms with Crippen LogP contribution in [0.3, 0.4) is 0 Å². The lowest BCUT2D eigenvalue weighted by molar-refractivity contribution is 0.0443. The number of halogens is 1. The van der Waals surface area contributed by atoms with Crippen LogP contribution in [0.15, 0.2) is 24.3 Å². The van der Waals surface area contributed by atoms with Crippen LogP contribution in [0.5, 0.6) is 0 Å². The lowest BCUT2D eigenvalue weighted by Crippen LogP contribution is -2.28. The van der Waals surface area contributed by atoms with Gasteiger partial charge in [-0.25, -0.2) is 9.18 Å². The molecule has 0 unspecified atom stereocenters. The van der Waals surface area contributed by atoms with Crippen molar-refractivity contribution in [1.82, 2.24) is 15.1 Å². The maximum Gasteiger partial charge on any atom is 0.341 e. The molecule has 1 aromatic heterocycles. The predicted molar refractivity (Wildman–Crippen MR) is 114 cm³/mol. The third kappa shape index (κ3) is 5.91. The first-order valence-electron chi connectivity index (χ1n) is 10.9. The smallest absolute Gasteiger partial charge is 0.341 e. The van der Waals surface area contributed by atoms with Gasteiger partial charge in [-0.2, -0.15) is 5.10 Å². The number of nitrogens with zero attached hydrogens (tertiary/aromatic N) is 2. The van der Waals surface area contributed by atoms with E-state index < -0.39 is 11.8 Å². The summed E-state index contributed by atoms with van der Waals surface area (Å²) < 4.78 is 26.5. The highest BCUT2D eigenvalue weighted by Crippen LogP contribution is 2.21. The Morgan fingerprint density at radius 2 is 2.10 bits per heavy atom. The second-order valence-corrected chi connectivity index (χ2v) is 7.80. The van der Waals surface area contributed by atoms with Crippen LogP contribution < -0.4 is 5.32 Å². The van der Waals surface area contributed by atoms with Crippen molar-refractivity contribution in [3.63, 3.8) is 0 Å². The van der Waals surface area contributed by atoms with Gasteiger partial charge in [-0.15, -0.1) is 0 Å². The van der Waals surface area contributed by atoms with Crippen LogP contribution in [0.25, 0.3) is 0 Å². The number of carbonyl (C=O) groups excluding carboxylic acids is 2. The molecule has 3 rings (SSSR count). The van der Waals surface area contributed by atoms with Gasteiger partial charge in [0.1, 0.15) is 11.5 Å². The second kappa shape index (κ2) is 11.0. The number of esters is 1. The van der Waals surface area contributed by atoms with Gasteiger partial charge in [0.05, 0.1) is 17.9 Å². The van der Waals surface area contributed by atoms with E-state index in [1.807, 2.05) is 13.8 Å². The summed E-state index contributed by atoms with van der Waals surface area (Å²) in [6.07, 6.45) is 2.83. The van der Waals surface area contributed by atoms with Gasteiger partial charge in [0.15, 0.2) is 0 Å².